The van der Waals surface area contributed by atoms with E-state index in [4.69, 9.17) is 14.5 Å². The summed E-state index contributed by atoms with van der Waals surface area (Å²) in [5.74, 6) is -3.15. The summed E-state index contributed by atoms with van der Waals surface area (Å²) in [5, 5.41) is 0.729. The maximum Gasteiger partial charge on any atom is 0.410 e. The number of rotatable bonds is 10. The number of amides is 1. The van der Waals surface area contributed by atoms with Crippen molar-refractivity contribution in [2.24, 2.45) is 0 Å². The average Bonchev–Trinajstić information content (AvgIpc) is 3.57. The molecule has 1 fully saturated rings. The van der Waals surface area contributed by atoms with Crippen LogP contribution in [0.3, 0.4) is 0 Å². The zero-order chi connectivity index (χ0) is 34.5. The van der Waals surface area contributed by atoms with Gasteiger partial charge in [-0.2, -0.15) is 0 Å². The highest BCUT2D eigenvalue weighted by Crippen LogP contribution is 2.43. The number of carbonyl (C=O) groups is 1. The second-order valence-corrected chi connectivity index (χ2v) is 14.1. The van der Waals surface area contributed by atoms with Crippen LogP contribution < -0.4 is 4.31 Å². The number of piperidine rings is 1. The standard InChI is InChI=1S/C35H31F3N4O5S2/c1-46-22-42(49(44,45)30-20-26(36)10-11-28(30)37)29-9-5-8-27(31(29)38)32-33(24-12-16-39-17-13-24)48-34(40-32)25-14-18-41(19-15-25)35(43)47-21-23-6-3-2-4-7-23/h2-13,16-17,20,25H,14-15,18-19,21-22H2,1H3. The number of hydrogen-bond acceptors (Lipinski definition) is 8. The van der Waals surface area contributed by atoms with Crippen molar-refractivity contribution < 1.29 is 35.9 Å². The summed E-state index contributed by atoms with van der Waals surface area (Å²) in [7, 11) is -3.61. The summed E-state index contributed by atoms with van der Waals surface area (Å²) in [5.41, 5.74) is 1.47. The lowest BCUT2D eigenvalue weighted by molar-refractivity contribution is 0.0870. The molecule has 254 valence electrons. The van der Waals surface area contributed by atoms with Crippen molar-refractivity contribution in [1.29, 1.82) is 0 Å². The van der Waals surface area contributed by atoms with E-state index in [2.05, 4.69) is 4.98 Å². The minimum Gasteiger partial charge on any atom is -0.445 e. The summed E-state index contributed by atoms with van der Waals surface area (Å²) >= 11 is 1.38. The third-order valence-corrected chi connectivity index (χ3v) is 11.1. The molecule has 9 nitrogen and oxygen atoms in total. The van der Waals surface area contributed by atoms with Gasteiger partial charge in [0, 0.05) is 44.1 Å². The number of hydrogen-bond donors (Lipinski definition) is 0. The van der Waals surface area contributed by atoms with Crippen molar-refractivity contribution >= 4 is 33.1 Å². The van der Waals surface area contributed by atoms with Crippen LogP contribution in [0.2, 0.25) is 0 Å². The Bertz CT molecular complexity index is 2040. The molecular weight excluding hydrogens is 678 g/mol. The average molecular weight is 709 g/mol. The topological polar surface area (TPSA) is 102 Å². The molecule has 0 unspecified atom stereocenters. The molecule has 0 N–H and O–H groups in total. The Balaban J connectivity index is 1.31. The van der Waals surface area contributed by atoms with Gasteiger partial charge in [0.15, 0.2) is 5.82 Å². The van der Waals surface area contributed by atoms with E-state index >= 15 is 4.39 Å². The summed E-state index contributed by atoms with van der Waals surface area (Å²) in [6.45, 7) is 0.393. The summed E-state index contributed by atoms with van der Waals surface area (Å²) in [4.78, 5) is 23.1. The van der Waals surface area contributed by atoms with Crippen molar-refractivity contribution in [3.63, 3.8) is 0 Å². The van der Waals surface area contributed by atoms with Crippen LogP contribution in [0, 0.1) is 17.5 Å². The van der Waals surface area contributed by atoms with Crippen molar-refractivity contribution in [3.05, 3.63) is 119 Å². The molecule has 0 radical (unpaired) electrons. The van der Waals surface area contributed by atoms with Crippen LogP contribution in [-0.2, 0) is 26.1 Å². The van der Waals surface area contributed by atoms with Crippen LogP contribution in [0.15, 0.2) is 96.2 Å². The van der Waals surface area contributed by atoms with Gasteiger partial charge in [-0.3, -0.25) is 4.98 Å². The molecule has 5 aromatic rings. The van der Waals surface area contributed by atoms with E-state index in [-0.39, 0.29) is 23.8 Å². The van der Waals surface area contributed by atoms with Crippen molar-refractivity contribution in [3.8, 4) is 21.7 Å². The Kier molecular flexibility index (Phi) is 10.3. The lowest BCUT2D eigenvalue weighted by Crippen LogP contribution is -2.38. The third kappa shape index (κ3) is 7.31. The number of halogens is 3. The Morgan fingerprint density at radius 1 is 0.980 bits per heavy atom. The molecule has 49 heavy (non-hydrogen) atoms. The van der Waals surface area contributed by atoms with Gasteiger partial charge in [0.05, 0.1) is 21.3 Å². The van der Waals surface area contributed by atoms with Crippen LogP contribution >= 0.6 is 11.3 Å². The monoisotopic (exact) mass is 708 g/mol. The van der Waals surface area contributed by atoms with E-state index in [0.29, 0.717) is 47.2 Å². The van der Waals surface area contributed by atoms with E-state index in [1.165, 1.54) is 36.6 Å². The molecule has 0 saturated carbocycles. The van der Waals surface area contributed by atoms with Crippen LogP contribution in [0.1, 0.15) is 29.3 Å². The molecule has 1 saturated heterocycles. The first-order valence-corrected chi connectivity index (χ1v) is 17.6. The smallest absolute Gasteiger partial charge is 0.410 e. The van der Waals surface area contributed by atoms with Gasteiger partial charge in [-0.25, -0.2) is 35.7 Å². The normalized spacial score (nSPS) is 13.8. The molecule has 6 rings (SSSR count). The van der Waals surface area contributed by atoms with Crippen LogP contribution in [0.4, 0.5) is 23.7 Å². The number of carbonyl (C=O) groups excluding carboxylic acids is 1. The molecule has 3 heterocycles. The van der Waals surface area contributed by atoms with Crippen molar-refractivity contribution in [2.75, 3.05) is 31.2 Å². The number of sulfonamides is 1. The maximum atomic E-state index is 16.6. The quantitative estimate of drug-likeness (QED) is 0.138. The molecule has 14 heteroatoms. The molecule has 0 aliphatic carbocycles. The van der Waals surface area contributed by atoms with Gasteiger partial charge in [0.25, 0.3) is 10.0 Å². The van der Waals surface area contributed by atoms with Crippen molar-refractivity contribution in [1.82, 2.24) is 14.9 Å². The number of aromatic nitrogens is 2. The molecule has 0 spiro atoms. The fourth-order valence-corrected chi connectivity index (χ4v) is 8.30. The highest BCUT2D eigenvalue weighted by Gasteiger charge is 2.33. The molecule has 3 aromatic carbocycles. The van der Waals surface area contributed by atoms with Crippen LogP contribution in [0.25, 0.3) is 21.7 Å². The number of pyridine rings is 1. The second-order valence-electron chi connectivity index (χ2n) is 11.3. The van der Waals surface area contributed by atoms with Gasteiger partial charge < -0.3 is 14.4 Å². The Morgan fingerprint density at radius 3 is 2.43 bits per heavy atom. The van der Waals surface area contributed by atoms with Gasteiger partial charge in [0.1, 0.15) is 29.9 Å². The van der Waals surface area contributed by atoms with Crippen molar-refractivity contribution in [2.45, 2.75) is 30.3 Å². The molecule has 1 aliphatic rings. The number of benzene rings is 3. The van der Waals surface area contributed by atoms with E-state index in [0.717, 1.165) is 22.2 Å². The number of likely N-dealkylation sites (tertiary alicyclic amines) is 1. The van der Waals surface area contributed by atoms with Crippen LogP contribution in [0.5, 0.6) is 0 Å². The summed E-state index contributed by atoms with van der Waals surface area (Å²) < 4.78 is 83.6. The maximum absolute atomic E-state index is 16.6. The van der Waals surface area contributed by atoms with E-state index in [1.54, 1.807) is 29.4 Å². The largest absolute Gasteiger partial charge is 0.445 e. The minimum atomic E-state index is -4.81. The molecule has 2 aromatic heterocycles. The Labute approximate surface area is 285 Å². The molecule has 1 aliphatic heterocycles. The summed E-state index contributed by atoms with van der Waals surface area (Å²) in [6, 6.07) is 19.1. The van der Waals surface area contributed by atoms with Gasteiger partial charge in [-0.15, -0.1) is 11.3 Å². The van der Waals surface area contributed by atoms with Crippen LogP contribution in [-0.4, -0.2) is 56.3 Å². The number of ether oxygens (including phenoxy) is 2. The van der Waals surface area contributed by atoms with Gasteiger partial charge in [-0.05, 0) is 66.4 Å². The number of thiazole rings is 1. The predicted octanol–water partition coefficient (Wildman–Crippen LogP) is 7.60. The lowest BCUT2D eigenvalue weighted by Gasteiger charge is -2.30. The zero-order valence-corrected chi connectivity index (χ0v) is 27.9. The first-order valence-electron chi connectivity index (χ1n) is 15.3. The molecule has 0 atom stereocenters. The number of anilines is 1. The Hall–Kier alpha value is -4.79. The molecular formula is C35H31F3N4O5S2. The van der Waals surface area contributed by atoms with Gasteiger partial charge in [-0.1, -0.05) is 36.4 Å². The summed E-state index contributed by atoms with van der Waals surface area (Å²) in [6.07, 6.45) is 4.01. The first kappa shape index (κ1) is 34.1. The molecule has 0 bridgehead atoms. The predicted molar refractivity (Wildman–Crippen MR) is 179 cm³/mol. The lowest BCUT2D eigenvalue weighted by atomic mass is 9.97. The highest BCUT2D eigenvalue weighted by atomic mass is 32.2. The van der Waals surface area contributed by atoms with E-state index < -0.39 is 50.9 Å². The van der Waals surface area contributed by atoms with Gasteiger partial charge in [0.2, 0.25) is 0 Å². The first-order chi connectivity index (χ1) is 23.7. The molecule has 1 amide bonds. The number of nitrogens with zero attached hydrogens (tertiary/aromatic N) is 4. The zero-order valence-electron chi connectivity index (χ0n) is 26.3. The highest BCUT2D eigenvalue weighted by molar-refractivity contribution is 7.92. The fraction of sp³-hybridized carbons (Fsp3) is 0.229. The number of methoxy groups -OCH3 is 1. The fourth-order valence-electron chi connectivity index (χ4n) is 5.59. The Morgan fingerprint density at radius 2 is 1.71 bits per heavy atom. The second kappa shape index (κ2) is 14.8. The van der Waals surface area contributed by atoms with E-state index in [9.17, 15) is 22.0 Å². The van der Waals surface area contributed by atoms with E-state index in [1.807, 2.05) is 30.3 Å². The van der Waals surface area contributed by atoms with Gasteiger partial charge >= 0.3 is 6.09 Å². The minimum absolute atomic E-state index is 0.00440. The SMILES string of the molecule is COCN(c1cccc(-c2nc(C3CCN(C(=O)OCc4ccccc4)CC3)sc2-c2ccncc2)c1F)S(=O)(=O)c1cc(F)ccc1F. The third-order valence-electron chi connectivity index (χ3n) is 8.10.